The van der Waals surface area contributed by atoms with Crippen LogP contribution in [-0.2, 0) is 65.4 Å². The van der Waals surface area contributed by atoms with Gasteiger partial charge in [-0.1, -0.05) is 298 Å². The lowest BCUT2D eigenvalue weighted by Gasteiger charge is -2.21. The van der Waals surface area contributed by atoms with Crippen LogP contribution in [0.3, 0.4) is 0 Å². The maximum Gasteiger partial charge on any atom is 0.472 e. The summed E-state index contributed by atoms with van der Waals surface area (Å²) in [7, 11) is -9.89. The Balaban J connectivity index is 5.20. The minimum absolute atomic E-state index is 0.103. The van der Waals surface area contributed by atoms with Crippen molar-refractivity contribution in [1.29, 1.82) is 0 Å². The molecule has 0 rings (SSSR count). The van der Waals surface area contributed by atoms with Gasteiger partial charge in [-0.3, -0.25) is 37.3 Å². The normalized spacial score (nSPS) is 14.2. The van der Waals surface area contributed by atoms with Crippen molar-refractivity contribution in [3.8, 4) is 0 Å². The monoisotopic (exact) mass is 1300 g/mol. The summed E-state index contributed by atoms with van der Waals surface area (Å²) < 4.78 is 68.1. The van der Waals surface area contributed by atoms with Crippen LogP contribution in [-0.4, -0.2) is 96.7 Å². The summed E-state index contributed by atoms with van der Waals surface area (Å²) in [5.41, 5.74) is 0. The summed E-state index contributed by atoms with van der Waals surface area (Å²) in [5.74, 6) is -0.631. The fraction of sp³-hybridized carbons (Fsp3) is 0.942. The molecule has 522 valence electrons. The van der Waals surface area contributed by atoms with Crippen molar-refractivity contribution in [2.75, 3.05) is 39.6 Å². The van der Waals surface area contributed by atoms with Crippen LogP contribution in [0.15, 0.2) is 0 Å². The Bertz CT molecular complexity index is 1720. The molecule has 0 spiro atoms. The lowest BCUT2D eigenvalue weighted by atomic mass is 10.0. The minimum atomic E-state index is -4.95. The summed E-state index contributed by atoms with van der Waals surface area (Å²) in [6.07, 6.45) is 45.9. The Morgan fingerprint density at radius 3 is 0.773 bits per heavy atom. The second-order valence-electron chi connectivity index (χ2n) is 25.9. The minimum Gasteiger partial charge on any atom is -0.462 e. The van der Waals surface area contributed by atoms with Crippen molar-refractivity contribution in [2.45, 2.75) is 368 Å². The average molecular weight is 1300 g/mol. The Hall–Kier alpha value is -1.94. The van der Waals surface area contributed by atoms with Crippen molar-refractivity contribution >= 4 is 39.5 Å². The van der Waals surface area contributed by atoms with E-state index in [1.165, 1.54) is 161 Å². The van der Waals surface area contributed by atoms with E-state index >= 15 is 0 Å². The third kappa shape index (κ3) is 62.8. The van der Waals surface area contributed by atoms with Gasteiger partial charge in [0.1, 0.15) is 19.3 Å². The Labute approximate surface area is 537 Å². The van der Waals surface area contributed by atoms with Gasteiger partial charge < -0.3 is 33.8 Å². The van der Waals surface area contributed by atoms with Gasteiger partial charge in [0.15, 0.2) is 12.2 Å². The van der Waals surface area contributed by atoms with E-state index in [1.807, 2.05) is 0 Å². The number of hydrogen-bond donors (Lipinski definition) is 3. The van der Waals surface area contributed by atoms with Crippen LogP contribution < -0.4 is 0 Å². The predicted molar refractivity (Wildman–Crippen MR) is 354 cm³/mol. The molecule has 0 saturated carbocycles. The van der Waals surface area contributed by atoms with Crippen LogP contribution in [0.1, 0.15) is 350 Å². The smallest absolute Gasteiger partial charge is 0.462 e. The van der Waals surface area contributed by atoms with Gasteiger partial charge in [0.2, 0.25) is 0 Å². The number of phosphoric acid groups is 2. The second kappa shape index (κ2) is 61.3. The number of aliphatic hydroxyl groups is 1. The number of aliphatic hydroxyl groups excluding tert-OH is 1. The van der Waals surface area contributed by atoms with Crippen molar-refractivity contribution in [3.63, 3.8) is 0 Å². The Morgan fingerprint density at radius 1 is 0.307 bits per heavy atom. The molecule has 17 nitrogen and oxygen atoms in total. The predicted octanol–water partition coefficient (Wildman–Crippen LogP) is 19.6. The first-order chi connectivity index (χ1) is 42.4. The van der Waals surface area contributed by atoms with Crippen LogP contribution in [0.2, 0.25) is 0 Å². The highest BCUT2D eigenvalue weighted by atomic mass is 31.2. The van der Waals surface area contributed by atoms with E-state index in [-0.39, 0.29) is 25.7 Å². The Morgan fingerprint density at radius 2 is 0.523 bits per heavy atom. The van der Waals surface area contributed by atoms with Gasteiger partial charge in [-0.25, -0.2) is 9.13 Å². The van der Waals surface area contributed by atoms with E-state index < -0.39 is 97.5 Å². The molecule has 19 heteroatoms. The van der Waals surface area contributed by atoms with E-state index in [2.05, 4.69) is 41.5 Å². The molecule has 88 heavy (non-hydrogen) atoms. The molecule has 0 bridgehead atoms. The van der Waals surface area contributed by atoms with E-state index in [4.69, 9.17) is 37.0 Å². The molecule has 0 radical (unpaired) electrons. The lowest BCUT2D eigenvalue weighted by molar-refractivity contribution is -0.161. The van der Waals surface area contributed by atoms with Gasteiger partial charge in [0.05, 0.1) is 26.4 Å². The van der Waals surface area contributed by atoms with Crippen LogP contribution in [0.5, 0.6) is 0 Å². The third-order valence-corrected chi connectivity index (χ3v) is 17.9. The van der Waals surface area contributed by atoms with Gasteiger partial charge in [-0.05, 0) is 37.5 Å². The largest absolute Gasteiger partial charge is 0.472 e. The van der Waals surface area contributed by atoms with Gasteiger partial charge in [0.25, 0.3) is 0 Å². The molecule has 0 fully saturated rings. The zero-order valence-electron chi connectivity index (χ0n) is 57.0. The number of carbonyl (C=O) groups excluding carboxylic acids is 4. The van der Waals surface area contributed by atoms with Crippen LogP contribution in [0.4, 0.5) is 0 Å². The molecule has 0 aromatic carbocycles. The first-order valence-corrected chi connectivity index (χ1v) is 39.0. The quantitative estimate of drug-likeness (QED) is 0.0222. The Kier molecular flexibility index (Phi) is 59.9. The van der Waals surface area contributed by atoms with Gasteiger partial charge >= 0.3 is 39.5 Å². The van der Waals surface area contributed by atoms with Crippen LogP contribution >= 0.6 is 15.6 Å². The fourth-order valence-electron chi connectivity index (χ4n) is 10.4. The molecule has 0 aliphatic heterocycles. The first-order valence-electron chi connectivity index (χ1n) is 36.0. The fourth-order valence-corrected chi connectivity index (χ4v) is 12.0. The summed E-state index contributed by atoms with van der Waals surface area (Å²) >= 11 is 0. The van der Waals surface area contributed by atoms with Crippen LogP contribution in [0.25, 0.3) is 0 Å². The standard InChI is InChI=1S/C69H134O17P2/c1-7-9-11-13-15-17-18-25-28-34-40-46-52-67(72)80-58-64(85-68(73)53-47-41-35-29-26-23-21-19-20-22-24-27-31-37-43-49-61(3)4)59-83-87(75,76)81-55-63(70)56-82-88(77,78)84-60-65(57-79-66(71)51-45-39-33-16-14-12-10-8-2)86-69(74)54-48-42-36-30-32-38-44-50-62(5)6/h61-65,70H,7-60H2,1-6H3,(H,75,76)(H,77,78)/t63-,64-,65-/m1/s1. The molecule has 0 aliphatic carbocycles. The molecule has 3 N–H and O–H groups in total. The molecule has 0 aromatic heterocycles. The van der Waals surface area contributed by atoms with Crippen LogP contribution in [0, 0.1) is 11.8 Å². The average Bonchev–Trinajstić information content (AvgIpc) is 3.65. The highest BCUT2D eigenvalue weighted by molar-refractivity contribution is 7.47. The van der Waals surface area contributed by atoms with Gasteiger partial charge in [0, 0.05) is 25.7 Å². The zero-order valence-corrected chi connectivity index (χ0v) is 58.8. The maximum atomic E-state index is 13.0. The van der Waals surface area contributed by atoms with Crippen molar-refractivity contribution in [1.82, 2.24) is 0 Å². The SMILES string of the molecule is CCCCCCCCCCCCCCC(=O)OC[C@H](COP(=O)(O)OC[C@@H](O)COP(=O)(O)OC[C@@H](COC(=O)CCCCCCCCCC)OC(=O)CCCCCCCCCC(C)C)OC(=O)CCCCCCCCCCCCCCCCCC(C)C. The number of phosphoric ester groups is 2. The number of rotatable bonds is 68. The molecular formula is C69H134O17P2. The summed E-state index contributed by atoms with van der Waals surface area (Å²) in [4.78, 5) is 72.4. The van der Waals surface area contributed by atoms with Crippen molar-refractivity contribution < 1.29 is 80.2 Å². The zero-order chi connectivity index (χ0) is 65.0. The highest BCUT2D eigenvalue weighted by Crippen LogP contribution is 2.45. The summed E-state index contributed by atoms with van der Waals surface area (Å²) in [6, 6.07) is 0. The topological polar surface area (TPSA) is 237 Å². The molecule has 5 atom stereocenters. The summed E-state index contributed by atoms with van der Waals surface area (Å²) in [6.45, 7) is 9.48. The van der Waals surface area contributed by atoms with E-state index in [0.717, 1.165) is 102 Å². The van der Waals surface area contributed by atoms with Gasteiger partial charge in [-0.2, -0.15) is 0 Å². The van der Waals surface area contributed by atoms with Crippen molar-refractivity contribution in [2.24, 2.45) is 11.8 Å². The van der Waals surface area contributed by atoms with E-state index in [1.54, 1.807) is 0 Å². The van der Waals surface area contributed by atoms with Gasteiger partial charge in [-0.15, -0.1) is 0 Å². The molecule has 2 unspecified atom stereocenters. The molecule has 0 saturated heterocycles. The molecule has 0 aromatic rings. The maximum absolute atomic E-state index is 13.0. The number of esters is 4. The molecular weight excluding hydrogens is 1160 g/mol. The second-order valence-corrected chi connectivity index (χ2v) is 28.8. The number of carbonyl (C=O) groups is 4. The summed E-state index contributed by atoms with van der Waals surface area (Å²) in [5, 5.41) is 10.6. The molecule has 0 amide bonds. The van der Waals surface area contributed by atoms with E-state index in [9.17, 15) is 43.2 Å². The molecule has 0 aliphatic rings. The van der Waals surface area contributed by atoms with Crippen molar-refractivity contribution in [3.05, 3.63) is 0 Å². The lowest BCUT2D eigenvalue weighted by Crippen LogP contribution is -2.30. The highest BCUT2D eigenvalue weighted by Gasteiger charge is 2.30. The van der Waals surface area contributed by atoms with E-state index in [0.29, 0.717) is 31.6 Å². The molecule has 0 heterocycles. The number of hydrogen-bond acceptors (Lipinski definition) is 15. The first kappa shape index (κ1) is 86.1. The third-order valence-electron chi connectivity index (χ3n) is 16.0. The number of ether oxygens (including phenoxy) is 4. The number of unbranched alkanes of at least 4 members (excludes halogenated alkanes) is 38.